The zero-order valence-corrected chi connectivity index (χ0v) is 15.0. The van der Waals surface area contributed by atoms with Gasteiger partial charge in [-0.25, -0.2) is 0 Å². The second kappa shape index (κ2) is 6.77. The van der Waals surface area contributed by atoms with E-state index in [-0.39, 0.29) is 17.2 Å². The van der Waals surface area contributed by atoms with Crippen molar-refractivity contribution in [3.05, 3.63) is 36.2 Å². The molecule has 1 aromatic heterocycles. The van der Waals surface area contributed by atoms with Crippen LogP contribution in [-0.4, -0.2) is 45.9 Å². The molecule has 2 amide bonds. The number of amides is 2. The maximum absolute atomic E-state index is 13.1. The van der Waals surface area contributed by atoms with Gasteiger partial charge in [0.2, 0.25) is 0 Å². The Hall–Kier alpha value is -3.17. The van der Waals surface area contributed by atoms with Gasteiger partial charge in [0.05, 0.1) is 6.20 Å². The van der Waals surface area contributed by atoms with E-state index in [9.17, 15) is 18.4 Å². The Morgan fingerprint density at radius 1 is 1.21 bits per heavy atom. The van der Waals surface area contributed by atoms with E-state index in [0.29, 0.717) is 19.0 Å². The summed E-state index contributed by atoms with van der Waals surface area (Å²) in [5, 5.41) is 6.58. The monoisotopic (exact) mass is 392 g/mol. The van der Waals surface area contributed by atoms with E-state index in [0.717, 1.165) is 18.4 Å². The fourth-order valence-electron chi connectivity index (χ4n) is 3.42. The Morgan fingerprint density at radius 3 is 2.61 bits per heavy atom. The minimum absolute atomic E-state index is 0.133. The number of benzene rings is 1. The van der Waals surface area contributed by atoms with E-state index in [1.165, 1.54) is 23.1 Å². The number of fused-ring (bicyclic) bond motifs is 1. The Morgan fingerprint density at radius 2 is 1.93 bits per heavy atom. The quantitative estimate of drug-likeness (QED) is 0.791. The first-order valence-corrected chi connectivity index (χ1v) is 8.79. The molecule has 8 nitrogen and oxygen atoms in total. The molecule has 2 aromatic rings. The summed E-state index contributed by atoms with van der Waals surface area (Å²) in [5.74, 6) is -1.52. The van der Waals surface area contributed by atoms with E-state index in [4.69, 9.17) is 0 Å². The first-order chi connectivity index (χ1) is 13.3. The van der Waals surface area contributed by atoms with Crippen molar-refractivity contribution in [1.82, 2.24) is 14.7 Å². The summed E-state index contributed by atoms with van der Waals surface area (Å²) in [6, 6.07) is 3.80. The van der Waals surface area contributed by atoms with Gasteiger partial charge in [-0.15, -0.1) is 8.78 Å². The number of alkyl halides is 2. The molecule has 0 aliphatic carbocycles. The molecule has 0 bridgehead atoms. The van der Waals surface area contributed by atoms with Gasteiger partial charge in [0.1, 0.15) is 0 Å². The lowest BCUT2D eigenvalue weighted by atomic mass is 9.91. The Labute approximate surface area is 159 Å². The average Bonchev–Trinajstić information content (AvgIpc) is 3.22. The lowest BCUT2D eigenvalue weighted by Gasteiger charge is -2.31. The number of likely N-dealkylation sites (tertiary alicyclic amines) is 1. The molecule has 0 radical (unpaired) electrons. The van der Waals surface area contributed by atoms with Gasteiger partial charge < -0.3 is 19.7 Å². The molecular formula is C18H18F2N4O4. The summed E-state index contributed by atoms with van der Waals surface area (Å²) < 4.78 is 36.5. The fourth-order valence-corrected chi connectivity index (χ4v) is 3.42. The van der Waals surface area contributed by atoms with E-state index in [1.54, 1.807) is 4.68 Å². The van der Waals surface area contributed by atoms with E-state index in [2.05, 4.69) is 19.9 Å². The summed E-state index contributed by atoms with van der Waals surface area (Å²) in [4.78, 5) is 26.2. The van der Waals surface area contributed by atoms with E-state index in [1.807, 2.05) is 19.4 Å². The van der Waals surface area contributed by atoms with Gasteiger partial charge in [0.25, 0.3) is 0 Å². The summed E-state index contributed by atoms with van der Waals surface area (Å²) >= 11 is 0. The summed E-state index contributed by atoms with van der Waals surface area (Å²) in [6.07, 6.45) is 1.52. The molecule has 0 atom stereocenters. The lowest BCUT2D eigenvalue weighted by Crippen LogP contribution is -2.43. The van der Waals surface area contributed by atoms with Crippen molar-refractivity contribution in [1.29, 1.82) is 0 Å². The topological polar surface area (TPSA) is 85.7 Å². The Bertz CT molecular complexity index is 922. The van der Waals surface area contributed by atoms with Gasteiger partial charge in [-0.05, 0) is 36.5 Å². The molecule has 0 saturated carbocycles. The lowest BCUT2D eigenvalue weighted by molar-refractivity contribution is -0.286. The number of piperidine rings is 1. The predicted molar refractivity (Wildman–Crippen MR) is 93.0 cm³/mol. The first kappa shape index (κ1) is 18.2. The molecule has 28 heavy (non-hydrogen) atoms. The van der Waals surface area contributed by atoms with Gasteiger partial charge >= 0.3 is 18.1 Å². The summed E-state index contributed by atoms with van der Waals surface area (Å²) in [5.41, 5.74) is 1.29. The van der Waals surface area contributed by atoms with E-state index >= 15 is 0 Å². The van der Waals surface area contributed by atoms with Crippen LogP contribution in [0.15, 0.2) is 30.6 Å². The van der Waals surface area contributed by atoms with Crippen molar-refractivity contribution in [3.8, 4) is 11.5 Å². The third-order valence-corrected chi connectivity index (χ3v) is 4.83. The van der Waals surface area contributed by atoms with Crippen molar-refractivity contribution in [2.24, 2.45) is 7.05 Å². The van der Waals surface area contributed by atoms with Crippen LogP contribution in [0.2, 0.25) is 0 Å². The Kier molecular flexibility index (Phi) is 4.40. The van der Waals surface area contributed by atoms with Crippen LogP contribution in [-0.2, 0) is 16.6 Å². The number of halogens is 2. The highest BCUT2D eigenvalue weighted by Crippen LogP contribution is 2.42. The van der Waals surface area contributed by atoms with Gasteiger partial charge in [0, 0.05) is 38.1 Å². The first-order valence-electron chi connectivity index (χ1n) is 8.79. The molecular weight excluding hydrogens is 374 g/mol. The van der Waals surface area contributed by atoms with Crippen LogP contribution in [0.25, 0.3) is 0 Å². The minimum atomic E-state index is -3.74. The maximum Gasteiger partial charge on any atom is 0.586 e. The van der Waals surface area contributed by atoms with Crippen LogP contribution in [0.3, 0.4) is 0 Å². The Balaban J connectivity index is 1.34. The maximum atomic E-state index is 13.1. The van der Waals surface area contributed by atoms with Crippen LogP contribution in [0, 0.1) is 0 Å². The number of hydrogen-bond donors (Lipinski definition) is 1. The zero-order valence-electron chi connectivity index (χ0n) is 15.0. The van der Waals surface area contributed by atoms with Crippen LogP contribution in [0.5, 0.6) is 11.5 Å². The number of anilines is 1. The molecule has 2 aliphatic rings. The van der Waals surface area contributed by atoms with Crippen LogP contribution < -0.4 is 14.8 Å². The molecule has 1 saturated heterocycles. The third-order valence-electron chi connectivity index (χ3n) is 4.83. The van der Waals surface area contributed by atoms with Gasteiger partial charge in [0.15, 0.2) is 11.5 Å². The third kappa shape index (κ3) is 3.62. The van der Waals surface area contributed by atoms with E-state index < -0.39 is 18.1 Å². The number of hydrogen-bond acceptors (Lipinski definition) is 5. The van der Waals surface area contributed by atoms with Crippen molar-refractivity contribution in [2.75, 3.05) is 18.4 Å². The number of aryl methyl sites for hydroxylation is 1. The van der Waals surface area contributed by atoms with Gasteiger partial charge in [-0.3, -0.25) is 14.3 Å². The van der Waals surface area contributed by atoms with Crippen LogP contribution >= 0.6 is 0 Å². The second-order valence-corrected chi connectivity index (χ2v) is 6.80. The van der Waals surface area contributed by atoms with Crippen molar-refractivity contribution < 1.29 is 27.8 Å². The fraction of sp³-hybridized carbons (Fsp3) is 0.389. The minimum Gasteiger partial charge on any atom is -0.395 e. The molecule has 4 rings (SSSR count). The van der Waals surface area contributed by atoms with Gasteiger partial charge in [-0.1, -0.05) is 0 Å². The number of nitrogens with zero attached hydrogens (tertiary/aromatic N) is 3. The molecule has 0 unspecified atom stereocenters. The normalized spacial score (nSPS) is 18.2. The molecule has 148 valence electrons. The zero-order chi connectivity index (χ0) is 19.9. The predicted octanol–water partition coefficient (Wildman–Crippen LogP) is 2.09. The molecule has 10 heteroatoms. The highest BCUT2D eigenvalue weighted by atomic mass is 19.3. The number of nitrogens with one attached hydrogen (secondary N) is 1. The van der Waals surface area contributed by atoms with Crippen LogP contribution in [0.1, 0.15) is 24.3 Å². The summed E-state index contributed by atoms with van der Waals surface area (Å²) in [6.45, 7) is 0.915. The highest BCUT2D eigenvalue weighted by molar-refractivity contribution is 6.39. The largest absolute Gasteiger partial charge is 0.586 e. The molecule has 2 aliphatic heterocycles. The van der Waals surface area contributed by atoms with Gasteiger partial charge in [-0.2, -0.15) is 5.10 Å². The number of aromatic nitrogens is 2. The molecule has 0 spiro atoms. The second-order valence-electron chi connectivity index (χ2n) is 6.80. The highest BCUT2D eigenvalue weighted by Gasteiger charge is 2.43. The van der Waals surface area contributed by atoms with Crippen molar-refractivity contribution in [3.63, 3.8) is 0 Å². The number of rotatable bonds is 2. The molecule has 3 heterocycles. The van der Waals surface area contributed by atoms with Crippen molar-refractivity contribution >= 4 is 17.5 Å². The van der Waals surface area contributed by atoms with Crippen molar-refractivity contribution in [2.45, 2.75) is 25.1 Å². The summed E-state index contributed by atoms with van der Waals surface area (Å²) in [7, 11) is 1.85. The molecule has 1 aromatic carbocycles. The smallest absolute Gasteiger partial charge is 0.395 e. The molecule has 1 N–H and O–H groups in total. The number of carbonyl (C=O) groups excluding carboxylic acids is 2. The SMILES string of the molecule is Cn1cc(C2CCN(C(=O)C(=O)Nc3ccc4c(c3)OC(F)(F)O4)CC2)cn1. The number of ether oxygens (including phenoxy) is 2. The number of carbonyl (C=O) groups is 2. The molecule has 1 fully saturated rings. The standard InChI is InChI=1S/C18H18F2N4O4/c1-23-10-12(9-21-23)11-4-6-24(7-5-11)17(26)16(25)22-13-2-3-14-15(8-13)28-18(19,20)27-14/h2-3,8-11H,4-7H2,1H3,(H,22,25). The average molecular weight is 392 g/mol. The van der Waals surface area contributed by atoms with Crippen LogP contribution in [0.4, 0.5) is 14.5 Å².